The number of rotatable bonds is 8. The fourth-order valence-electron chi connectivity index (χ4n) is 5.50. The van der Waals surface area contributed by atoms with Gasteiger partial charge in [0.15, 0.2) is 0 Å². The minimum atomic E-state index is -0.882. The van der Waals surface area contributed by atoms with Crippen molar-refractivity contribution in [3.05, 3.63) is 35.4 Å². The molecule has 0 radical (unpaired) electrons. The lowest BCUT2D eigenvalue weighted by atomic mass is 9.86. The molecule has 14 heteroatoms. The number of hydrogen-bond acceptors (Lipinski definition) is 10. The molecule has 0 bridgehead atoms. The topological polar surface area (TPSA) is 203 Å². The van der Waals surface area contributed by atoms with E-state index in [9.17, 15) is 28.8 Å². The van der Waals surface area contributed by atoms with E-state index in [1.54, 1.807) is 0 Å². The molecule has 46 heavy (non-hydrogen) atoms. The molecule has 0 aliphatic carbocycles. The highest BCUT2D eigenvalue weighted by molar-refractivity contribution is 5.98. The molecule has 2 heterocycles. The fraction of sp³-hybridized carbons (Fsp3) is 0.625. The van der Waals surface area contributed by atoms with Gasteiger partial charge in [-0.3, -0.25) is 19.2 Å². The number of nitrogens with two attached hydrogens (primary N) is 2. The van der Waals surface area contributed by atoms with Gasteiger partial charge >= 0.3 is 11.9 Å². The molecule has 2 aliphatic rings. The van der Waals surface area contributed by atoms with Crippen molar-refractivity contribution in [3.8, 4) is 0 Å². The first kappa shape index (κ1) is 36.4. The van der Waals surface area contributed by atoms with Crippen LogP contribution in [0.1, 0.15) is 75.1 Å². The van der Waals surface area contributed by atoms with E-state index in [1.165, 1.54) is 48.3 Å². The number of ether oxygens (including phenoxy) is 2. The third-order valence-corrected chi connectivity index (χ3v) is 8.59. The molecule has 3 rings (SSSR count). The molecule has 1 aromatic carbocycles. The lowest BCUT2D eigenvalue weighted by Gasteiger charge is -2.32. The summed E-state index contributed by atoms with van der Waals surface area (Å²) < 4.78 is 9.79. The maximum Gasteiger partial charge on any atom is 0.328 e. The van der Waals surface area contributed by atoms with Crippen molar-refractivity contribution in [2.24, 2.45) is 22.3 Å². The molecule has 4 amide bonds. The molecule has 254 valence electrons. The third kappa shape index (κ3) is 8.21. The Morgan fingerprint density at radius 3 is 1.24 bits per heavy atom. The van der Waals surface area contributed by atoms with Gasteiger partial charge in [-0.1, -0.05) is 41.5 Å². The minimum Gasteiger partial charge on any atom is -0.467 e. The van der Waals surface area contributed by atoms with Gasteiger partial charge in [0.25, 0.3) is 11.8 Å². The summed E-state index contributed by atoms with van der Waals surface area (Å²) in [7, 11) is 2.47. The second-order valence-electron chi connectivity index (χ2n) is 14.1. The summed E-state index contributed by atoms with van der Waals surface area (Å²) >= 11 is 0. The molecule has 0 saturated carbocycles. The van der Waals surface area contributed by atoms with Crippen LogP contribution in [-0.4, -0.2) is 109 Å². The van der Waals surface area contributed by atoms with Crippen LogP contribution in [0.25, 0.3) is 0 Å². The zero-order valence-electron chi connectivity index (χ0n) is 27.9. The summed E-state index contributed by atoms with van der Waals surface area (Å²) in [6.07, 6.45) is 0.325. The predicted octanol–water partition coefficient (Wildman–Crippen LogP) is 0.178. The normalized spacial score (nSPS) is 22.9. The second-order valence-corrected chi connectivity index (χ2v) is 14.1. The summed E-state index contributed by atoms with van der Waals surface area (Å²) in [5, 5.41) is 5.71. The molecule has 1 aromatic rings. The second kappa shape index (κ2) is 14.2. The SMILES string of the molecule is COC(=O)[C@@H]1C[C@H](NC(=O)c2ccc(C(=O)N[C@H]3C[C@@H](C(=O)OC)N(C(=O)[C@@H](N)C(C)(C)C)C3)cc2)CN1C(=O)[C@@H](N)C(C)(C)C. The van der Waals surface area contributed by atoms with E-state index in [0.717, 1.165) is 0 Å². The highest BCUT2D eigenvalue weighted by atomic mass is 16.5. The van der Waals surface area contributed by atoms with Crippen molar-refractivity contribution >= 4 is 35.6 Å². The van der Waals surface area contributed by atoms with Crippen LogP contribution in [0.15, 0.2) is 24.3 Å². The van der Waals surface area contributed by atoms with Crippen LogP contribution >= 0.6 is 0 Å². The molecule has 2 fully saturated rings. The van der Waals surface area contributed by atoms with Gasteiger partial charge in [-0.05, 0) is 35.1 Å². The first-order valence-electron chi connectivity index (χ1n) is 15.3. The number of nitrogens with one attached hydrogen (secondary N) is 2. The largest absolute Gasteiger partial charge is 0.467 e. The number of likely N-dealkylation sites (tertiary alicyclic amines) is 2. The van der Waals surface area contributed by atoms with E-state index in [4.69, 9.17) is 20.9 Å². The molecule has 2 saturated heterocycles. The van der Waals surface area contributed by atoms with Crippen molar-refractivity contribution < 1.29 is 38.2 Å². The van der Waals surface area contributed by atoms with Gasteiger partial charge in [-0.2, -0.15) is 0 Å². The van der Waals surface area contributed by atoms with Crippen LogP contribution in [0, 0.1) is 10.8 Å². The van der Waals surface area contributed by atoms with Gasteiger partial charge in [0.05, 0.1) is 26.3 Å². The number of hydrogen-bond donors (Lipinski definition) is 4. The van der Waals surface area contributed by atoms with Crippen molar-refractivity contribution in [1.29, 1.82) is 0 Å². The average Bonchev–Trinajstić information content (AvgIpc) is 3.62. The van der Waals surface area contributed by atoms with Crippen LogP contribution in [0.2, 0.25) is 0 Å². The van der Waals surface area contributed by atoms with Gasteiger partial charge in [0.2, 0.25) is 11.8 Å². The Labute approximate surface area is 269 Å². The van der Waals surface area contributed by atoms with Gasteiger partial charge in [-0.15, -0.1) is 0 Å². The zero-order chi connectivity index (χ0) is 34.7. The zero-order valence-corrected chi connectivity index (χ0v) is 27.9. The van der Waals surface area contributed by atoms with Crippen LogP contribution in [0.4, 0.5) is 0 Å². The van der Waals surface area contributed by atoms with Gasteiger partial charge in [0.1, 0.15) is 12.1 Å². The Morgan fingerprint density at radius 2 is 0.978 bits per heavy atom. The smallest absolute Gasteiger partial charge is 0.328 e. The maximum atomic E-state index is 13.1. The Morgan fingerprint density at radius 1 is 0.674 bits per heavy atom. The van der Waals surface area contributed by atoms with E-state index in [-0.39, 0.29) is 37.1 Å². The first-order chi connectivity index (χ1) is 21.3. The molecular formula is C32H48N6O8. The fourth-order valence-corrected chi connectivity index (χ4v) is 5.50. The van der Waals surface area contributed by atoms with E-state index >= 15 is 0 Å². The average molecular weight is 645 g/mol. The number of esters is 2. The van der Waals surface area contributed by atoms with Gasteiger partial charge in [0, 0.05) is 49.1 Å². The molecule has 6 atom stereocenters. The van der Waals surface area contributed by atoms with E-state index in [2.05, 4.69) is 10.6 Å². The summed E-state index contributed by atoms with van der Waals surface area (Å²) in [6, 6.07) is 1.41. The van der Waals surface area contributed by atoms with Crippen LogP contribution in [0.5, 0.6) is 0 Å². The van der Waals surface area contributed by atoms with E-state index in [0.29, 0.717) is 0 Å². The maximum absolute atomic E-state index is 13.1. The summed E-state index contributed by atoms with van der Waals surface area (Å²) in [6.45, 7) is 11.1. The Kier molecular flexibility index (Phi) is 11.2. The lowest BCUT2D eigenvalue weighted by Crippen LogP contribution is -2.53. The molecule has 14 nitrogen and oxygen atoms in total. The summed E-state index contributed by atoms with van der Waals surface area (Å²) in [5.41, 5.74) is 11.8. The third-order valence-electron chi connectivity index (χ3n) is 8.59. The van der Waals surface area contributed by atoms with Crippen LogP contribution in [0.3, 0.4) is 0 Å². The number of methoxy groups -OCH3 is 2. The monoisotopic (exact) mass is 644 g/mol. The van der Waals surface area contributed by atoms with Crippen molar-refractivity contribution in [2.45, 2.75) is 90.6 Å². The van der Waals surface area contributed by atoms with Crippen molar-refractivity contribution in [1.82, 2.24) is 20.4 Å². The van der Waals surface area contributed by atoms with Crippen LogP contribution < -0.4 is 22.1 Å². The highest BCUT2D eigenvalue weighted by Gasteiger charge is 2.45. The highest BCUT2D eigenvalue weighted by Crippen LogP contribution is 2.27. The lowest BCUT2D eigenvalue weighted by molar-refractivity contribution is -0.152. The Hall–Kier alpha value is -4.04. The van der Waals surface area contributed by atoms with E-state index < -0.39 is 82.6 Å². The summed E-state index contributed by atoms with van der Waals surface area (Å²) in [5.74, 6) is -2.89. The van der Waals surface area contributed by atoms with Crippen molar-refractivity contribution in [3.63, 3.8) is 0 Å². The Balaban J connectivity index is 1.65. The molecular weight excluding hydrogens is 596 g/mol. The number of carbonyl (C=O) groups excluding carboxylic acids is 6. The first-order valence-corrected chi connectivity index (χ1v) is 15.3. The molecule has 6 N–H and O–H groups in total. The predicted molar refractivity (Wildman–Crippen MR) is 168 cm³/mol. The van der Waals surface area contributed by atoms with E-state index in [1.807, 2.05) is 41.5 Å². The minimum absolute atomic E-state index is 0.0861. The molecule has 0 spiro atoms. The quantitative estimate of drug-likeness (QED) is 0.283. The standard InChI is InChI=1S/C32H48N6O8/c1-31(2,3)23(33)27(41)37-15-19(13-21(37)29(43)45-7)35-25(39)17-9-11-18(12-10-17)26(40)36-20-14-22(30(44)46-8)38(16-20)28(42)24(34)32(4,5)6/h9-12,19-24H,13-16,33-34H2,1-8H3,(H,35,39)(H,36,40)/t19-,20-,21-,22-,23+,24+/m0/s1. The van der Waals surface area contributed by atoms with Crippen molar-refractivity contribution in [2.75, 3.05) is 27.3 Å². The number of carbonyl (C=O) groups is 6. The number of amides is 4. The van der Waals surface area contributed by atoms with Gasteiger partial charge < -0.3 is 41.4 Å². The summed E-state index contributed by atoms with van der Waals surface area (Å²) in [4.78, 5) is 80.1. The molecule has 0 unspecified atom stereocenters. The Bertz CT molecular complexity index is 1230. The number of nitrogens with zero attached hydrogens (tertiary/aromatic N) is 2. The van der Waals surface area contributed by atoms with Crippen LogP contribution in [-0.2, 0) is 28.7 Å². The molecule has 0 aromatic heterocycles. The number of benzene rings is 1. The molecule has 2 aliphatic heterocycles. The van der Waals surface area contributed by atoms with Gasteiger partial charge in [-0.25, -0.2) is 9.59 Å².